The van der Waals surface area contributed by atoms with Crippen molar-refractivity contribution in [2.75, 3.05) is 0 Å². The van der Waals surface area contributed by atoms with Crippen molar-refractivity contribution in [3.8, 4) is 0 Å². The van der Waals surface area contributed by atoms with Gasteiger partial charge in [-0.3, -0.25) is 9.59 Å². The number of carboxylic acid groups (broad SMARTS) is 1. The first kappa shape index (κ1) is 18.4. The van der Waals surface area contributed by atoms with Gasteiger partial charge in [0.05, 0.1) is 0 Å². The summed E-state index contributed by atoms with van der Waals surface area (Å²) < 4.78 is 0. The molecule has 0 radical (unpaired) electrons. The van der Waals surface area contributed by atoms with Crippen LogP contribution in [0.1, 0.15) is 74.2 Å². The Morgan fingerprint density at radius 2 is 1.50 bits per heavy atom. The van der Waals surface area contributed by atoms with Gasteiger partial charge < -0.3 is 5.11 Å². The number of carboxylic acids is 1. The molecule has 1 unspecified atom stereocenters. The number of Topliss-reactive ketones (excluding diaryl/α,β-unsaturated/α-hetero) is 1. The van der Waals surface area contributed by atoms with Gasteiger partial charge in [-0.2, -0.15) is 0 Å². The van der Waals surface area contributed by atoms with Crippen LogP contribution in [0.2, 0.25) is 0 Å². The molecule has 122 valence electrons. The number of carbonyl (C=O) groups excluding carboxylic acids is 1. The van der Waals surface area contributed by atoms with Crippen molar-refractivity contribution in [2.45, 2.75) is 65.2 Å². The maximum absolute atomic E-state index is 12.3. The third-order valence-corrected chi connectivity index (χ3v) is 4.05. The molecule has 0 amide bonds. The van der Waals surface area contributed by atoms with Crippen molar-refractivity contribution < 1.29 is 14.7 Å². The highest BCUT2D eigenvalue weighted by molar-refractivity contribution is 6.08. The van der Waals surface area contributed by atoms with Crippen LogP contribution < -0.4 is 0 Å². The molecule has 0 saturated heterocycles. The number of unbranched alkanes of at least 4 members (excludes halogenated alkanes) is 6. The lowest BCUT2D eigenvalue weighted by Gasteiger charge is -2.11. The van der Waals surface area contributed by atoms with E-state index in [0.29, 0.717) is 12.0 Å². The highest BCUT2D eigenvalue weighted by atomic mass is 16.4. The third kappa shape index (κ3) is 6.42. The van der Waals surface area contributed by atoms with Gasteiger partial charge in [-0.25, -0.2) is 0 Å². The summed E-state index contributed by atoms with van der Waals surface area (Å²) in [6.07, 6.45) is 8.34. The predicted molar refractivity (Wildman–Crippen MR) is 89.2 cm³/mol. The second-order valence-electron chi connectivity index (χ2n) is 6.03. The van der Waals surface area contributed by atoms with E-state index in [2.05, 4.69) is 6.92 Å². The molecule has 0 fully saturated rings. The lowest BCUT2D eigenvalue weighted by molar-refractivity contribution is -0.140. The van der Waals surface area contributed by atoms with Gasteiger partial charge in [0.15, 0.2) is 5.78 Å². The Kier molecular flexibility index (Phi) is 8.49. The normalized spacial score (nSPS) is 12.1. The molecule has 0 aliphatic rings. The molecule has 0 heterocycles. The second kappa shape index (κ2) is 10.1. The molecule has 1 aromatic rings. The Morgan fingerprint density at radius 1 is 0.955 bits per heavy atom. The molecule has 0 aliphatic heterocycles. The zero-order valence-electron chi connectivity index (χ0n) is 13.8. The number of aryl methyl sites for hydroxylation is 1. The SMILES string of the molecule is CCCCCCCCCC(C(=O)O)C(=O)c1ccc(C)cc1. The van der Waals surface area contributed by atoms with Crippen molar-refractivity contribution in [1.82, 2.24) is 0 Å². The lowest BCUT2D eigenvalue weighted by atomic mass is 9.92. The molecule has 1 rings (SSSR count). The van der Waals surface area contributed by atoms with Crippen LogP contribution in [0.25, 0.3) is 0 Å². The summed E-state index contributed by atoms with van der Waals surface area (Å²) in [5.41, 5.74) is 1.57. The fourth-order valence-corrected chi connectivity index (χ4v) is 2.59. The van der Waals surface area contributed by atoms with E-state index in [1.165, 1.54) is 25.7 Å². The maximum atomic E-state index is 12.3. The molecule has 0 bridgehead atoms. The standard InChI is InChI=1S/C19H28O3/c1-3-4-5-6-7-8-9-10-17(19(21)22)18(20)16-13-11-15(2)12-14-16/h11-14,17H,3-10H2,1-2H3,(H,21,22). The smallest absolute Gasteiger partial charge is 0.314 e. The van der Waals surface area contributed by atoms with Crippen LogP contribution in [0.5, 0.6) is 0 Å². The summed E-state index contributed by atoms with van der Waals surface area (Å²) >= 11 is 0. The summed E-state index contributed by atoms with van der Waals surface area (Å²) in [4.78, 5) is 23.7. The minimum atomic E-state index is -1.00. The highest BCUT2D eigenvalue weighted by Crippen LogP contribution is 2.18. The molecule has 0 aromatic heterocycles. The first-order valence-electron chi connectivity index (χ1n) is 8.40. The number of hydrogen-bond donors (Lipinski definition) is 1. The molecular formula is C19H28O3. The van der Waals surface area contributed by atoms with Crippen molar-refractivity contribution in [3.05, 3.63) is 35.4 Å². The Morgan fingerprint density at radius 3 is 2.05 bits per heavy atom. The van der Waals surface area contributed by atoms with Gasteiger partial charge in [0.2, 0.25) is 0 Å². The first-order valence-corrected chi connectivity index (χ1v) is 8.40. The van der Waals surface area contributed by atoms with E-state index in [4.69, 9.17) is 0 Å². The molecule has 1 atom stereocenters. The summed E-state index contributed by atoms with van der Waals surface area (Å²) in [6.45, 7) is 4.13. The van der Waals surface area contributed by atoms with Crippen molar-refractivity contribution >= 4 is 11.8 Å². The topological polar surface area (TPSA) is 54.4 Å². The Labute approximate surface area is 133 Å². The number of benzene rings is 1. The average molecular weight is 304 g/mol. The number of ketones is 1. The molecule has 1 aromatic carbocycles. The molecule has 0 spiro atoms. The lowest BCUT2D eigenvalue weighted by Crippen LogP contribution is -2.24. The van der Waals surface area contributed by atoms with Crippen molar-refractivity contribution in [2.24, 2.45) is 5.92 Å². The van der Waals surface area contributed by atoms with E-state index in [-0.39, 0.29) is 5.78 Å². The highest BCUT2D eigenvalue weighted by Gasteiger charge is 2.26. The first-order chi connectivity index (χ1) is 10.6. The summed E-state index contributed by atoms with van der Waals surface area (Å²) in [5.74, 6) is -2.17. The average Bonchev–Trinajstić information content (AvgIpc) is 2.50. The number of carbonyl (C=O) groups is 2. The number of hydrogen-bond acceptors (Lipinski definition) is 2. The zero-order chi connectivity index (χ0) is 16.4. The molecule has 0 saturated carbocycles. The summed E-state index contributed by atoms with van der Waals surface area (Å²) in [7, 11) is 0. The number of aliphatic carboxylic acids is 1. The van der Waals surface area contributed by atoms with Gasteiger partial charge in [-0.05, 0) is 13.3 Å². The molecule has 22 heavy (non-hydrogen) atoms. The molecule has 0 aliphatic carbocycles. The second-order valence-corrected chi connectivity index (χ2v) is 6.03. The molecule has 3 nitrogen and oxygen atoms in total. The fraction of sp³-hybridized carbons (Fsp3) is 0.579. The Balaban J connectivity index is 2.43. The van der Waals surface area contributed by atoms with E-state index in [1.807, 2.05) is 19.1 Å². The summed E-state index contributed by atoms with van der Waals surface area (Å²) in [5, 5.41) is 9.31. The Bertz CT molecular complexity index is 462. The van der Waals surface area contributed by atoms with Gasteiger partial charge in [-0.1, -0.05) is 81.7 Å². The van der Waals surface area contributed by atoms with Crippen LogP contribution in [-0.4, -0.2) is 16.9 Å². The van der Waals surface area contributed by atoms with E-state index in [9.17, 15) is 14.7 Å². The molecule has 3 heteroatoms. The molecular weight excluding hydrogens is 276 g/mol. The molecule has 1 N–H and O–H groups in total. The van der Waals surface area contributed by atoms with Crippen LogP contribution >= 0.6 is 0 Å². The maximum Gasteiger partial charge on any atom is 0.314 e. The quantitative estimate of drug-likeness (QED) is 0.355. The van der Waals surface area contributed by atoms with Gasteiger partial charge in [0, 0.05) is 5.56 Å². The van der Waals surface area contributed by atoms with Crippen molar-refractivity contribution in [1.29, 1.82) is 0 Å². The van der Waals surface area contributed by atoms with Gasteiger partial charge in [-0.15, -0.1) is 0 Å². The number of rotatable bonds is 11. The van der Waals surface area contributed by atoms with Crippen LogP contribution in [0.3, 0.4) is 0 Å². The van der Waals surface area contributed by atoms with E-state index in [1.54, 1.807) is 12.1 Å². The van der Waals surface area contributed by atoms with Crippen LogP contribution in [0.15, 0.2) is 24.3 Å². The monoisotopic (exact) mass is 304 g/mol. The van der Waals surface area contributed by atoms with Gasteiger partial charge >= 0.3 is 5.97 Å². The van der Waals surface area contributed by atoms with E-state index in [0.717, 1.165) is 24.8 Å². The Hall–Kier alpha value is -1.64. The third-order valence-electron chi connectivity index (χ3n) is 4.05. The van der Waals surface area contributed by atoms with Crippen LogP contribution in [-0.2, 0) is 4.79 Å². The van der Waals surface area contributed by atoms with E-state index < -0.39 is 11.9 Å². The van der Waals surface area contributed by atoms with Gasteiger partial charge in [0.1, 0.15) is 5.92 Å². The largest absolute Gasteiger partial charge is 0.481 e. The van der Waals surface area contributed by atoms with Crippen LogP contribution in [0, 0.1) is 12.8 Å². The summed E-state index contributed by atoms with van der Waals surface area (Å²) in [6, 6.07) is 7.14. The fourth-order valence-electron chi connectivity index (χ4n) is 2.59. The van der Waals surface area contributed by atoms with E-state index >= 15 is 0 Å². The minimum absolute atomic E-state index is 0.265. The zero-order valence-corrected chi connectivity index (χ0v) is 13.8. The van der Waals surface area contributed by atoms with Gasteiger partial charge in [0.25, 0.3) is 0 Å². The van der Waals surface area contributed by atoms with Crippen molar-refractivity contribution in [3.63, 3.8) is 0 Å². The van der Waals surface area contributed by atoms with Crippen LogP contribution in [0.4, 0.5) is 0 Å². The predicted octanol–water partition coefficient (Wildman–Crippen LogP) is 5.02. The minimum Gasteiger partial charge on any atom is -0.481 e.